The average molecular weight is 708 g/mol. The maximum absolute atomic E-state index is 9.70. The lowest BCUT2D eigenvalue weighted by Gasteiger charge is -2.26. The maximum atomic E-state index is 9.70. The molecule has 0 amide bonds. The molecule has 0 aromatic heterocycles. The van der Waals surface area contributed by atoms with Gasteiger partial charge in [-0.05, 0) is 125 Å². The lowest BCUT2D eigenvalue weighted by atomic mass is 9.93. The molecule has 10 aromatic carbocycles. The SMILES string of the molecule is [2H]c1c([2H])c(N(c2cccc(-c3ccc4ccccc4c3)c2)c2c([2H])c([2H])c(-c3cc4ccccc4c4ccccc34)c([2H])c2[2H])c([2H])c([2H])c1-c1ccc(-c2ccccc2)cc1. The third-order valence-electron chi connectivity index (χ3n) is 10.2. The summed E-state index contributed by atoms with van der Waals surface area (Å²) in [6.07, 6.45) is 0. The van der Waals surface area contributed by atoms with Gasteiger partial charge in [0.15, 0.2) is 0 Å². The van der Waals surface area contributed by atoms with Gasteiger partial charge in [-0.1, -0.05) is 176 Å². The van der Waals surface area contributed by atoms with Crippen molar-refractivity contribution in [2.75, 3.05) is 4.90 Å². The molecule has 0 aliphatic rings. The van der Waals surface area contributed by atoms with Gasteiger partial charge in [-0.2, -0.15) is 0 Å². The van der Waals surface area contributed by atoms with Crippen molar-refractivity contribution in [3.05, 3.63) is 224 Å². The fourth-order valence-electron chi connectivity index (χ4n) is 7.40. The molecular weight excluding hydrogens is 663 g/mol. The number of fused-ring (bicyclic) bond motifs is 4. The number of rotatable bonds is 7. The summed E-state index contributed by atoms with van der Waals surface area (Å²) in [4.78, 5) is 1.37. The van der Waals surface area contributed by atoms with Crippen LogP contribution in [0.4, 0.5) is 17.1 Å². The zero-order valence-electron chi connectivity index (χ0n) is 37.7. The van der Waals surface area contributed by atoms with Crippen molar-refractivity contribution >= 4 is 49.4 Å². The number of benzene rings is 10. The van der Waals surface area contributed by atoms with E-state index in [0.717, 1.165) is 54.6 Å². The lowest BCUT2D eigenvalue weighted by Crippen LogP contribution is -2.10. The van der Waals surface area contributed by atoms with Crippen LogP contribution in [0, 0.1) is 0 Å². The minimum Gasteiger partial charge on any atom is -0.310 e. The van der Waals surface area contributed by atoms with Crippen LogP contribution in [0.2, 0.25) is 0 Å². The van der Waals surface area contributed by atoms with E-state index in [-0.39, 0.29) is 46.7 Å². The van der Waals surface area contributed by atoms with E-state index in [2.05, 4.69) is 6.07 Å². The number of hydrogen-bond acceptors (Lipinski definition) is 1. The molecule has 0 N–H and O–H groups in total. The van der Waals surface area contributed by atoms with E-state index in [1.807, 2.05) is 146 Å². The number of hydrogen-bond donors (Lipinski definition) is 0. The summed E-state index contributed by atoms with van der Waals surface area (Å²) in [5.74, 6) is 0. The second kappa shape index (κ2) is 14.0. The summed E-state index contributed by atoms with van der Waals surface area (Å²) in [5, 5.41) is 5.67. The summed E-state index contributed by atoms with van der Waals surface area (Å²) in [7, 11) is 0. The highest BCUT2D eigenvalue weighted by molar-refractivity contribution is 6.13. The summed E-state index contributed by atoms with van der Waals surface area (Å²) >= 11 is 0. The number of anilines is 3. The molecular formula is C54H37N. The highest BCUT2D eigenvalue weighted by Gasteiger charge is 2.16. The molecule has 258 valence electrons. The Morgan fingerprint density at radius 1 is 0.273 bits per heavy atom. The lowest BCUT2D eigenvalue weighted by molar-refractivity contribution is 1.28. The number of nitrogens with zero attached hydrogens (tertiary/aromatic N) is 1. The van der Waals surface area contributed by atoms with Crippen molar-refractivity contribution in [1.82, 2.24) is 0 Å². The fourth-order valence-corrected chi connectivity index (χ4v) is 7.40. The van der Waals surface area contributed by atoms with E-state index >= 15 is 0 Å². The van der Waals surface area contributed by atoms with Crippen molar-refractivity contribution in [3.8, 4) is 44.5 Å². The predicted octanol–water partition coefficient (Wildman–Crippen LogP) is 15.3. The van der Waals surface area contributed by atoms with Gasteiger partial charge >= 0.3 is 0 Å². The second-order valence-corrected chi connectivity index (χ2v) is 13.5. The van der Waals surface area contributed by atoms with Crippen LogP contribution in [0.15, 0.2) is 224 Å². The second-order valence-electron chi connectivity index (χ2n) is 13.5. The minimum absolute atomic E-state index is 0.108. The summed E-state index contributed by atoms with van der Waals surface area (Å²) in [6, 6.07) is 53.3. The topological polar surface area (TPSA) is 3.24 Å². The van der Waals surface area contributed by atoms with Gasteiger partial charge in [-0.25, -0.2) is 0 Å². The Kier molecular flexibility index (Phi) is 6.33. The van der Waals surface area contributed by atoms with Crippen LogP contribution >= 0.6 is 0 Å². The normalized spacial score (nSPS) is 13.3. The molecule has 0 heterocycles. The monoisotopic (exact) mass is 707 g/mol. The van der Waals surface area contributed by atoms with Crippen molar-refractivity contribution in [2.45, 2.75) is 0 Å². The first-order chi connectivity index (χ1) is 30.6. The molecule has 10 rings (SSSR count). The Balaban J connectivity index is 1.20. The fraction of sp³-hybridized carbons (Fsp3) is 0. The molecule has 0 aliphatic carbocycles. The molecule has 10 aromatic rings. The zero-order chi connectivity index (χ0) is 43.5. The molecule has 0 saturated carbocycles. The van der Waals surface area contributed by atoms with Crippen LogP contribution in [-0.4, -0.2) is 0 Å². The molecule has 0 saturated heterocycles. The Labute approximate surface area is 333 Å². The largest absolute Gasteiger partial charge is 0.310 e. The highest BCUT2D eigenvalue weighted by Crippen LogP contribution is 2.40. The summed E-state index contributed by atoms with van der Waals surface area (Å²) in [6.45, 7) is 0. The molecule has 0 radical (unpaired) electrons. The first-order valence-electron chi connectivity index (χ1n) is 22.3. The minimum atomic E-state index is -0.393. The van der Waals surface area contributed by atoms with Gasteiger partial charge in [0, 0.05) is 17.1 Å². The molecule has 0 atom stereocenters. The van der Waals surface area contributed by atoms with Gasteiger partial charge in [0.05, 0.1) is 11.0 Å². The standard InChI is InChI=1S/C54H37N/c1-2-11-38(12-3-1)40-21-23-41(24-22-40)42-27-31-48(32-28-42)55(50-17-10-16-45(36-50)46-26-25-39-13-4-5-14-44(39)35-46)49-33-29-43(30-34-49)54-37-47-15-6-7-18-51(47)52-19-8-9-20-53(52)54/h1-37H/i27D,28D,29D,30D,31D,32D,33D,34D. The Hall–Kier alpha value is -7.22. The van der Waals surface area contributed by atoms with Gasteiger partial charge in [0.25, 0.3) is 0 Å². The van der Waals surface area contributed by atoms with Crippen molar-refractivity contribution < 1.29 is 11.0 Å². The predicted molar refractivity (Wildman–Crippen MR) is 235 cm³/mol. The summed E-state index contributed by atoms with van der Waals surface area (Å²) < 4.78 is 76.5. The van der Waals surface area contributed by atoms with E-state index < -0.39 is 24.2 Å². The van der Waals surface area contributed by atoms with Crippen LogP contribution in [0.3, 0.4) is 0 Å². The quantitative estimate of drug-likeness (QED) is 0.149. The molecule has 1 nitrogen and oxygen atoms in total. The molecule has 1 heteroatoms. The van der Waals surface area contributed by atoms with Crippen molar-refractivity contribution in [3.63, 3.8) is 0 Å². The van der Waals surface area contributed by atoms with Gasteiger partial charge in [-0.15, -0.1) is 0 Å². The first kappa shape index (κ1) is 24.9. The van der Waals surface area contributed by atoms with E-state index in [1.54, 1.807) is 24.3 Å². The smallest absolute Gasteiger partial charge is 0.0645 e. The summed E-state index contributed by atoms with van der Waals surface area (Å²) in [5.41, 5.74) is 4.80. The molecule has 0 aliphatic heterocycles. The van der Waals surface area contributed by atoms with Crippen LogP contribution in [0.1, 0.15) is 11.0 Å². The van der Waals surface area contributed by atoms with Crippen molar-refractivity contribution in [2.24, 2.45) is 0 Å². The zero-order valence-corrected chi connectivity index (χ0v) is 29.7. The van der Waals surface area contributed by atoms with Crippen molar-refractivity contribution in [1.29, 1.82) is 0 Å². The first-order valence-corrected chi connectivity index (χ1v) is 18.3. The highest BCUT2D eigenvalue weighted by atomic mass is 15.1. The van der Waals surface area contributed by atoms with E-state index in [0.29, 0.717) is 16.8 Å². The van der Waals surface area contributed by atoms with Gasteiger partial charge in [0.2, 0.25) is 0 Å². The van der Waals surface area contributed by atoms with Crippen LogP contribution in [0.5, 0.6) is 0 Å². The van der Waals surface area contributed by atoms with Crippen LogP contribution in [0.25, 0.3) is 76.8 Å². The maximum Gasteiger partial charge on any atom is 0.0645 e. The Bertz CT molecular complexity index is 3380. The molecule has 0 bridgehead atoms. The van der Waals surface area contributed by atoms with E-state index in [1.165, 1.54) is 4.90 Å². The Morgan fingerprint density at radius 3 is 1.51 bits per heavy atom. The van der Waals surface area contributed by atoms with E-state index in [4.69, 9.17) is 0 Å². The molecule has 0 spiro atoms. The van der Waals surface area contributed by atoms with E-state index in [9.17, 15) is 11.0 Å². The van der Waals surface area contributed by atoms with Gasteiger partial charge in [0.1, 0.15) is 0 Å². The third kappa shape index (κ3) is 6.22. The van der Waals surface area contributed by atoms with Gasteiger partial charge < -0.3 is 4.90 Å². The van der Waals surface area contributed by atoms with Gasteiger partial charge in [-0.3, -0.25) is 0 Å². The van der Waals surface area contributed by atoms with Crippen LogP contribution < -0.4 is 4.90 Å². The average Bonchev–Trinajstić information content (AvgIpc) is 3.33. The third-order valence-corrected chi connectivity index (χ3v) is 10.2. The Morgan fingerprint density at radius 2 is 0.782 bits per heavy atom. The molecule has 0 unspecified atom stereocenters. The van der Waals surface area contributed by atoms with Crippen LogP contribution in [-0.2, 0) is 0 Å². The molecule has 55 heavy (non-hydrogen) atoms. The molecule has 0 fully saturated rings.